The van der Waals surface area contributed by atoms with Crippen LogP contribution in [0.3, 0.4) is 0 Å². The maximum atomic E-state index is 13.7. The van der Waals surface area contributed by atoms with Crippen LogP contribution < -0.4 is 10.6 Å². The third-order valence-corrected chi connectivity index (χ3v) is 6.34. The van der Waals surface area contributed by atoms with Gasteiger partial charge in [0.25, 0.3) is 5.91 Å². The van der Waals surface area contributed by atoms with E-state index in [1.165, 1.54) is 6.20 Å². The monoisotopic (exact) mass is 509 g/mol. The van der Waals surface area contributed by atoms with Gasteiger partial charge in [-0.15, -0.1) is 0 Å². The number of nitrogens with zero attached hydrogens (tertiary/aromatic N) is 4. The lowest BCUT2D eigenvalue weighted by Gasteiger charge is -2.32. The molecule has 0 radical (unpaired) electrons. The third-order valence-electron chi connectivity index (χ3n) is 6.34. The molecule has 0 aliphatic carbocycles. The molecular formula is C26H26F3N7O. The summed E-state index contributed by atoms with van der Waals surface area (Å²) in [5.41, 5.74) is 1.46. The summed E-state index contributed by atoms with van der Waals surface area (Å²) in [7, 11) is 2.02. The zero-order valence-electron chi connectivity index (χ0n) is 20.1. The van der Waals surface area contributed by atoms with Crippen molar-refractivity contribution in [2.24, 2.45) is 0 Å². The summed E-state index contributed by atoms with van der Waals surface area (Å²) in [6.07, 6.45) is -1.30. The van der Waals surface area contributed by atoms with Crippen LogP contribution in [0.4, 0.5) is 30.4 Å². The van der Waals surface area contributed by atoms with Gasteiger partial charge in [-0.1, -0.05) is 0 Å². The number of carbonyl (C=O) groups excluding carboxylic acids is 1. The molecule has 5 rings (SSSR count). The van der Waals surface area contributed by atoms with Gasteiger partial charge in [0, 0.05) is 55.7 Å². The highest BCUT2D eigenvalue weighted by atomic mass is 19.4. The molecule has 37 heavy (non-hydrogen) atoms. The number of likely N-dealkylation sites (N-methyl/N-ethyl adjacent to an activating group) is 1. The van der Waals surface area contributed by atoms with Crippen molar-refractivity contribution < 1.29 is 18.0 Å². The van der Waals surface area contributed by atoms with Gasteiger partial charge >= 0.3 is 6.18 Å². The third kappa shape index (κ3) is 5.89. The van der Waals surface area contributed by atoms with Crippen molar-refractivity contribution in [2.45, 2.75) is 12.7 Å². The van der Waals surface area contributed by atoms with Crippen molar-refractivity contribution in [3.05, 3.63) is 77.6 Å². The maximum absolute atomic E-state index is 13.7. The minimum atomic E-state index is -4.54. The second kappa shape index (κ2) is 10.2. The molecule has 0 bridgehead atoms. The largest absolute Gasteiger partial charge is 0.416 e. The van der Waals surface area contributed by atoms with Crippen molar-refractivity contribution in [3.8, 4) is 0 Å². The van der Waals surface area contributed by atoms with E-state index in [1.54, 1.807) is 24.4 Å². The highest BCUT2D eigenvalue weighted by molar-refractivity contribution is 6.08. The highest BCUT2D eigenvalue weighted by Crippen LogP contribution is 2.33. The number of hydrogen-bond donors (Lipinski definition) is 3. The number of piperazine rings is 1. The molecule has 0 spiro atoms. The van der Waals surface area contributed by atoms with Gasteiger partial charge in [0.15, 0.2) is 0 Å². The van der Waals surface area contributed by atoms with Gasteiger partial charge in [-0.25, -0.2) is 4.98 Å². The van der Waals surface area contributed by atoms with Gasteiger partial charge in [0.1, 0.15) is 5.82 Å². The van der Waals surface area contributed by atoms with Gasteiger partial charge in [0.2, 0.25) is 0 Å². The van der Waals surface area contributed by atoms with E-state index in [0.29, 0.717) is 17.8 Å². The van der Waals surface area contributed by atoms with Crippen LogP contribution in [-0.4, -0.2) is 64.1 Å². The van der Waals surface area contributed by atoms with E-state index in [2.05, 4.69) is 35.6 Å². The van der Waals surface area contributed by atoms with Crippen LogP contribution in [-0.2, 0) is 12.7 Å². The number of amides is 1. The summed E-state index contributed by atoms with van der Waals surface area (Å²) in [4.78, 5) is 21.8. The quantitative estimate of drug-likeness (QED) is 0.349. The summed E-state index contributed by atoms with van der Waals surface area (Å²) in [5.74, 6) is -0.286. The number of aromatic nitrogens is 3. The van der Waals surface area contributed by atoms with Gasteiger partial charge in [-0.05, 0) is 61.1 Å². The van der Waals surface area contributed by atoms with E-state index in [1.807, 2.05) is 25.2 Å². The Hall–Kier alpha value is -3.96. The molecule has 1 saturated heterocycles. The van der Waals surface area contributed by atoms with E-state index in [0.717, 1.165) is 49.2 Å². The molecule has 8 nitrogen and oxygen atoms in total. The van der Waals surface area contributed by atoms with E-state index in [9.17, 15) is 18.0 Å². The van der Waals surface area contributed by atoms with Crippen LogP contribution in [0.5, 0.6) is 0 Å². The van der Waals surface area contributed by atoms with E-state index in [4.69, 9.17) is 0 Å². The Labute approximate surface area is 211 Å². The molecule has 3 N–H and O–H groups in total. The highest BCUT2D eigenvalue weighted by Gasteiger charge is 2.31. The number of aromatic amines is 1. The Balaban J connectivity index is 1.38. The molecule has 0 atom stereocenters. The van der Waals surface area contributed by atoms with Crippen LogP contribution in [0.1, 0.15) is 21.5 Å². The average Bonchev–Trinajstić information content (AvgIpc) is 3.33. The lowest BCUT2D eigenvalue weighted by molar-refractivity contribution is -0.137. The van der Waals surface area contributed by atoms with Crippen molar-refractivity contribution in [3.63, 3.8) is 0 Å². The molecule has 11 heteroatoms. The number of halogens is 3. The van der Waals surface area contributed by atoms with E-state index >= 15 is 0 Å². The summed E-state index contributed by atoms with van der Waals surface area (Å²) >= 11 is 0. The first-order chi connectivity index (χ1) is 17.7. The Kier molecular flexibility index (Phi) is 6.81. The average molecular weight is 510 g/mol. The Morgan fingerprint density at radius 2 is 1.86 bits per heavy atom. The van der Waals surface area contributed by atoms with Gasteiger partial charge in [0.05, 0.1) is 22.8 Å². The second-order valence-corrected chi connectivity index (χ2v) is 9.15. The van der Waals surface area contributed by atoms with E-state index < -0.39 is 17.6 Å². The molecule has 2 aromatic carbocycles. The minimum absolute atomic E-state index is 0.0811. The van der Waals surface area contributed by atoms with E-state index in [-0.39, 0.29) is 17.1 Å². The number of benzene rings is 2. The molecule has 0 unspecified atom stereocenters. The van der Waals surface area contributed by atoms with Gasteiger partial charge < -0.3 is 15.5 Å². The number of nitrogens with one attached hydrogen (secondary N) is 3. The number of anilines is 3. The predicted molar refractivity (Wildman–Crippen MR) is 136 cm³/mol. The van der Waals surface area contributed by atoms with Gasteiger partial charge in [-0.3, -0.25) is 14.8 Å². The standard InChI is InChI=1S/C26H26F3N7O/c1-35-7-9-36(10-8-35)16-17-11-19(26(27,28)29)13-21(12-17)33-25(37)22-3-2-6-30-24(22)32-20-5-4-18-15-31-34-23(18)14-20/h2-6,11-15H,7-10,16H2,1H3,(H,30,32)(H,31,34)(H,33,37). The first-order valence-electron chi connectivity index (χ1n) is 11.8. The van der Waals surface area contributed by atoms with Crippen LogP contribution in [0.25, 0.3) is 10.9 Å². The summed E-state index contributed by atoms with van der Waals surface area (Å²) in [5, 5.41) is 13.6. The fourth-order valence-electron chi connectivity index (χ4n) is 4.32. The first kappa shape index (κ1) is 24.7. The zero-order valence-corrected chi connectivity index (χ0v) is 20.1. The number of carbonyl (C=O) groups is 1. The molecule has 1 fully saturated rings. The molecule has 1 aliphatic heterocycles. The van der Waals surface area contributed by atoms with Crippen molar-refractivity contribution in [1.29, 1.82) is 0 Å². The smallest absolute Gasteiger partial charge is 0.340 e. The number of pyridine rings is 1. The van der Waals surface area contributed by atoms with Crippen LogP contribution in [0, 0.1) is 0 Å². The summed E-state index contributed by atoms with van der Waals surface area (Å²) in [6, 6.07) is 12.4. The SMILES string of the molecule is CN1CCN(Cc2cc(NC(=O)c3cccnc3Nc3ccc4cn[nH]c4c3)cc(C(F)(F)F)c2)CC1. The maximum Gasteiger partial charge on any atom is 0.416 e. The normalized spacial score (nSPS) is 15.1. The molecule has 1 aliphatic rings. The molecule has 4 aromatic rings. The predicted octanol–water partition coefficient (Wildman–Crippen LogP) is 4.72. The van der Waals surface area contributed by atoms with Crippen LogP contribution in [0.2, 0.25) is 0 Å². The first-order valence-corrected chi connectivity index (χ1v) is 11.8. The lowest BCUT2D eigenvalue weighted by atomic mass is 10.1. The van der Waals surface area contributed by atoms with Gasteiger partial charge in [-0.2, -0.15) is 18.3 Å². The fourth-order valence-corrected chi connectivity index (χ4v) is 4.32. The Bertz CT molecular complexity index is 1410. The number of alkyl halides is 3. The summed E-state index contributed by atoms with van der Waals surface area (Å²) in [6.45, 7) is 3.61. The molecular weight excluding hydrogens is 483 g/mol. The van der Waals surface area contributed by atoms with Crippen LogP contribution in [0.15, 0.2) is 60.9 Å². The zero-order chi connectivity index (χ0) is 26.0. The van der Waals surface area contributed by atoms with Crippen molar-refractivity contribution in [2.75, 3.05) is 43.9 Å². The van der Waals surface area contributed by atoms with Crippen LogP contribution >= 0.6 is 0 Å². The fraction of sp³-hybridized carbons (Fsp3) is 0.269. The van der Waals surface area contributed by atoms with Crippen molar-refractivity contribution in [1.82, 2.24) is 25.0 Å². The molecule has 0 saturated carbocycles. The minimum Gasteiger partial charge on any atom is -0.340 e. The number of H-pyrrole nitrogens is 1. The topological polar surface area (TPSA) is 89.2 Å². The Morgan fingerprint density at radius 1 is 1.05 bits per heavy atom. The van der Waals surface area contributed by atoms with Crippen molar-refractivity contribution >= 4 is 34.0 Å². The number of hydrogen-bond acceptors (Lipinski definition) is 6. The number of fused-ring (bicyclic) bond motifs is 1. The molecule has 2 aromatic heterocycles. The Morgan fingerprint density at radius 3 is 2.65 bits per heavy atom. The molecule has 192 valence electrons. The number of rotatable bonds is 6. The second-order valence-electron chi connectivity index (χ2n) is 9.15. The molecule has 3 heterocycles. The lowest BCUT2D eigenvalue weighted by Crippen LogP contribution is -2.43. The molecule has 1 amide bonds. The summed E-state index contributed by atoms with van der Waals surface area (Å²) < 4.78 is 41.0.